The zero-order chi connectivity index (χ0) is 32.4. The molecule has 10 nitrogen and oxygen atoms in total. The summed E-state index contributed by atoms with van der Waals surface area (Å²) in [7, 11) is -2.08. The van der Waals surface area contributed by atoms with E-state index in [-0.39, 0.29) is 50.2 Å². The number of aliphatic imine (C=N–C) groups is 1. The molecule has 1 saturated heterocycles. The van der Waals surface area contributed by atoms with Crippen LogP contribution in [-0.4, -0.2) is 72.8 Å². The Labute approximate surface area is 283 Å². The van der Waals surface area contributed by atoms with E-state index in [4.69, 9.17) is 14.5 Å². The molecule has 2 aromatic rings. The lowest BCUT2D eigenvalue weighted by atomic mass is 9.70. The molecule has 0 amide bonds. The Bertz CT molecular complexity index is 1590. The van der Waals surface area contributed by atoms with Gasteiger partial charge in [-0.3, -0.25) is 9.79 Å². The zero-order valence-corrected chi connectivity index (χ0v) is 29.9. The topological polar surface area (TPSA) is 127 Å². The standard InChI is InChI=1S/C30H36FIN4O6S3/c1-4-41-28(37)23-24(34-26(27-33-9-13-43-27)35-25(23)22-6-5-20(31)15-18(22)2)19-7-10-36(11-8-19)45(39,40)21-16-30(3,17-21)29(38)42-12-14-44-32/h5-6,9,13,15,19,21,25H,4,7-8,10-12,14,16-17H2,1-3H3,(H,34,35). The number of ether oxygens (including phenoxy) is 2. The maximum Gasteiger partial charge on any atom is 0.338 e. The number of halogens is 2. The van der Waals surface area contributed by atoms with E-state index in [9.17, 15) is 22.4 Å². The highest BCUT2D eigenvalue weighted by molar-refractivity contribution is 14.2. The second kappa shape index (κ2) is 14.4. The molecule has 3 aliphatic rings. The number of amidine groups is 1. The van der Waals surface area contributed by atoms with E-state index in [1.165, 1.54) is 27.8 Å². The van der Waals surface area contributed by atoms with Crippen molar-refractivity contribution in [3.63, 3.8) is 0 Å². The summed E-state index contributed by atoms with van der Waals surface area (Å²) < 4.78 is 53.7. The molecule has 0 radical (unpaired) electrons. The summed E-state index contributed by atoms with van der Waals surface area (Å²) in [6.45, 7) is 6.28. The van der Waals surface area contributed by atoms with Crippen molar-refractivity contribution in [2.24, 2.45) is 16.3 Å². The number of thiazole rings is 1. The molecular formula is C30H36FIN4O6S3. The van der Waals surface area contributed by atoms with Gasteiger partial charge in [0.15, 0.2) is 10.8 Å². The van der Waals surface area contributed by atoms with Crippen LogP contribution in [0, 0.1) is 24.1 Å². The minimum absolute atomic E-state index is 0.162. The van der Waals surface area contributed by atoms with E-state index >= 15 is 0 Å². The lowest BCUT2D eigenvalue weighted by molar-refractivity contribution is -0.159. The van der Waals surface area contributed by atoms with Gasteiger partial charge in [0, 0.05) is 42.0 Å². The normalized spacial score (nSPS) is 24.4. The Balaban J connectivity index is 1.38. The summed E-state index contributed by atoms with van der Waals surface area (Å²) in [5.74, 6) is -0.267. The Morgan fingerprint density at radius 2 is 1.98 bits per heavy atom. The lowest BCUT2D eigenvalue weighted by Gasteiger charge is -2.45. The van der Waals surface area contributed by atoms with Crippen molar-refractivity contribution in [3.8, 4) is 0 Å². The number of esters is 2. The smallest absolute Gasteiger partial charge is 0.338 e. The minimum atomic E-state index is -3.63. The largest absolute Gasteiger partial charge is 0.464 e. The second-order valence-electron chi connectivity index (χ2n) is 11.6. The lowest BCUT2D eigenvalue weighted by Crippen LogP contribution is -2.54. The number of rotatable bonds is 11. The molecule has 2 aliphatic heterocycles. The van der Waals surface area contributed by atoms with Gasteiger partial charge in [-0.05, 0) is 90.9 Å². The number of carbonyl (C=O) groups excluding carboxylic acids is 2. The Morgan fingerprint density at radius 3 is 2.60 bits per heavy atom. The maximum atomic E-state index is 14.1. The molecule has 0 bridgehead atoms. The van der Waals surface area contributed by atoms with Gasteiger partial charge in [0.05, 0.1) is 22.8 Å². The van der Waals surface area contributed by atoms with Crippen molar-refractivity contribution in [3.05, 3.63) is 63.0 Å². The van der Waals surface area contributed by atoms with E-state index in [0.29, 0.717) is 58.4 Å². The molecule has 5 rings (SSSR count). The summed E-state index contributed by atoms with van der Waals surface area (Å²) >= 11 is 3.54. The van der Waals surface area contributed by atoms with Gasteiger partial charge >= 0.3 is 11.9 Å². The molecule has 2 fully saturated rings. The van der Waals surface area contributed by atoms with Crippen LogP contribution in [0.4, 0.5) is 4.39 Å². The summed E-state index contributed by atoms with van der Waals surface area (Å²) in [5, 5.41) is 5.21. The van der Waals surface area contributed by atoms with Crippen LogP contribution in [0.5, 0.6) is 0 Å². The molecule has 1 aromatic carbocycles. The highest BCUT2D eigenvalue weighted by Crippen LogP contribution is 2.47. The van der Waals surface area contributed by atoms with Crippen LogP contribution in [-0.2, 0) is 29.1 Å². The third kappa shape index (κ3) is 7.26. The molecule has 3 heterocycles. The Hall–Kier alpha value is -2.08. The molecule has 1 atom stereocenters. The van der Waals surface area contributed by atoms with Crippen molar-refractivity contribution in [2.45, 2.75) is 57.7 Å². The Morgan fingerprint density at radius 1 is 1.24 bits per heavy atom. The molecule has 244 valence electrons. The van der Waals surface area contributed by atoms with E-state index in [1.807, 2.05) is 5.38 Å². The summed E-state index contributed by atoms with van der Waals surface area (Å²) in [6, 6.07) is 3.64. The van der Waals surface area contributed by atoms with Gasteiger partial charge in [-0.25, -0.2) is 26.9 Å². The fraction of sp³-hybridized carbons (Fsp3) is 0.533. The van der Waals surface area contributed by atoms with Gasteiger partial charge in [-0.15, -0.1) is 11.3 Å². The van der Waals surface area contributed by atoms with Crippen LogP contribution in [0.1, 0.15) is 61.7 Å². The second-order valence-corrected chi connectivity index (χ2v) is 17.3. The summed E-state index contributed by atoms with van der Waals surface area (Å²) in [6.07, 6.45) is 3.07. The van der Waals surface area contributed by atoms with Crippen LogP contribution in [0.25, 0.3) is 0 Å². The number of nitrogens with zero attached hydrogens (tertiary/aromatic N) is 3. The third-order valence-electron chi connectivity index (χ3n) is 8.62. The molecule has 1 unspecified atom stereocenters. The molecule has 1 aliphatic carbocycles. The highest BCUT2D eigenvalue weighted by atomic mass is 127. The van der Waals surface area contributed by atoms with Crippen molar-refractivity contribution in [1.29, 1.82) is 0 Å². The van der Waals surface area contributed by atoms with Gasteiger partial charge < -0.3 is 14.8 Å². The van der Waals surface area contributed by atoms with Crippen molar-refractivity contribution < 1.29 is 31.9 Å². The number of allylic oxidation sites excluding steroid dienone is 1. The van der Waals surface area contributed by atoms with E-state index in [1.54, 1.807) is 42.0 Å². The summed E-state index contributed by atoms with van der Waals surface area (Å²) in [4.78, 5) is 35.4. The van der Waals surface area contributed by atoms with Crippen LogP contribution >= 0.6 is 41.5 Å². The first-order valence-corrected chi connectivity index (χ1v) is 20.7. The van der Waals surface area contributed by atoms with Gasteiger partial charge in [0.1, 0.15) is 18.5 Å². The number of benzene rings is 1. The van der Waals surface area contributed by atoms with Crippen LogP contribution in [0.3, 0.4) is 0 Å². The first-order chi connectivity index (χ1) is 21.5. The minimum Gasteiger partial charge on any atom is -0.464 e. The summed E-state index contributed by atoms with van der Waals surface area (Å²) in [5.41, 5.74) is 1.49. The number of aromatic nitrogens is 1. The van der Waals surface area contributed by atoms with E-state index < -0.39 is 32.7 Å². The first-order valence-electron chi connectivity index (χ1n) is 14.8. The third-order valence-corrected chi connectivity index (χ3v) is 13.3. The van der Waals surface area contributed by atoms with Gasteiger partial charge in [-0.2, -0.15) is 0 Å². The average Bonchev–Trinajstić information content (AvgIpc) is 3.54. The number of hydrogen-bond acceptors (Lipinski definition) is 11. The van der Waals surface area contributed by atoms with Gasteiger partial charge in [-0.1, -0.05) is 15.0 Å². The number of nitrogens with one attached hydrogen (secondary N) is 1. The van der Waals surface area contributed by atoms with Crippen LogP contribution in [0.2, 0.25) is 0 Å². The number of aryl methyl sites for hydroxylation is 1. The zero-order valence-electron chi connectivity index (χ0n) is 25.3. The molecule has 0 spiro atoms. The SMILES string of the molecule is CCOC(=O)C1=C(C2CCN(S(=O)(=O)C3CC(C)(C(=O)OCCSI)C3)CC2)NC(c2nccs2)=NC1c1ccc(F)cc1C. The predicted octanol–water partition coefficient (Wildman–Crippen LogP) is 5.34. The number of hydrogen-bond donors (Lipinski definition) is 1. The van der Waals surface area contributed by atoms with Crippen molar-refractivity contribution in [1.82, 2.24) is 14.6 Å². The fourth-order valence-corrected chi connectivity index (χ4v) is 9.78. The molecule has 1 saturated carbocycles. The fourth-order valence-electron chi connectivity index (χ4n) is 6.21. The van der Waals surface area contributed by atoms with E-state index in [0.717, 1.165) is 0 Å². The van der Waals surface area contributed by atoms with E-state index in [2.05, 4.69) is 31.5 Å². The molecule has 1 N–H and O–H groups in total. The maximum absolute atomic E-state index is 14.1. The first kappa shape index (κ1) is 34.3. The molecular weight excluding hydrogens is 754 g/mol. The van der Waals surface area contributed by atoms with Crippen LogP contribution in [0.15, 0.2) is 46.0 Å². The molecule has 15 heteroatoms. The average molecular weight is 791 g/mol. The van der Waals surface area contributed by atoms with Gasteiger partial charge in [0.2, 0.25) is 10.0 Å². The quantitative estimate of drug-likeness (QED) is 0.183. The molecule has 1 aromatic heterocycles. The number of carbonyl (C=O) groups is 2. The van der Waals surface area contributed by atoms with Crippen molar-refractivity contribution >= 4 is 69.3 Å². The molecule has 45 heavy (non-hydrogen) atoms. The van der Waals surface area contributed by atoms with Gasteiger partial charge in [0.25, 0.3) is 0 Å². The monoisotopic (exact) mass is 790 g/mol. The number of sulfonamides is 1. The Kier molecular flexibility index (Phi) is 10.9. The highest BCUT2D eigenvalue weighted by Gasteiger charge is 2.54. The number of piperidine rings is 1. The van der Waals surface area contributed by atoms with Crippen LogP contribution < -0.4 is 5.32 Å². The predicted molar refractivity (Wildman–Crippen MR) is 181 cm³/mol. The van der Waals surface area contributed by atoms with Crippen molar-refractivity contribution in [2.75, 3.05) is 32.1 Å².